The summed E-state index contributed by atoms with van der Waals surface area (Å²) < 4.78 is 0. The molecule has 1 rings (SSSR count). The van der Waals surface area contributed by atoms with Gasteiger partial charge in [-0.15, -0.1) is 10.2 Å². The predicted octanol–water partition coefficient (Wildman–Crippen LogP) is 3.70. The molecule has 0 radical (unpaired) electrons. The van der Waals surface area contributed by atoms with Crippen molar-refractivity contribution >= 4 is 33.9 Å². The Balaban J connectivity index is 2.52. The molecule has 22 heavy (non-hydrogen) atoms. The highest BCUT2D eigenvalue weighted by Crippen LogP contribution is 2.33. The standard InChI is InChI=1S/C12H24N8S2/c13-17-11(18-14)21-7-6-10(22-12(19-15)20-16)8-9-4-2-1-3-5-9/h9-10,13,15H,1-8,14,16H2. The minimum absolute atomic E-state index is 0.277. The van der Waals surface area contributed by atoms with Gasteiger partial charge in [0.25, 0.3) is 0 Å². The molecule has 10 heteroatoms. The number of amidine groups is 2. The maximum Gasteiger partial charge on any atom is 0.226 e. The average Bonchev–Trinajstić information content (AvgIpc) is 2.57. The van der Waals surface area contributed by atoms with Gasteiger partial charge in [0.05, 0.1) is 0 Å². The Bertz CT molecular complexity index is 406. The molecule has 124 valence electrons. The van der Waals surface area contributed by atoms with Crippen LogP contribution >= 0.6 is 23.5 Å². The smallest absolute Gasteiger partial charge is 0.226 e. The number of nitrogens with zero attached hydrogens (tertiary/aromatic N) is 4. The number of hydrazone groups is 2. The Labute approximate surface area is 139 Å². The van der Waals surface area contributed by atoms with E-state index in [1.807, 2.05) is 0 Å². The molecule has 6 N–H and O–H groups in total. The lowest BCUT2D eigenvalue weighted by Gasteiger charge is -2.25. The molecule has 0 aliphatic heterocycles. The summed E-state index contributed by atoms with van der Waals surface area (Å²) in [4.78, 5) is 0. The van der Waals surface area contributed by atoms with E-state index in [9.17, 15) is 0 Å². The van der Waals surface area contributed by atoms with E-state index in [4.69, 9.17) is 22.7 Å². The first-order valence-electron chi connectivity index (χ1n) is 7.33. The lowest BCUT2D eigenvalue weighted by molar-refractivity contribution is 0.335. The van der Waals surface area contributed by atoms with E-state index in [1.54, 1.807) is 0 Å². The Morgan fingerprint density at radius 1 is 1.05 bits per heavy atom. The third-order valence-electron chi connectivity index (χ3n) is 3.68. The Hall–Kier alpha value is -1.16. The van der Waals surface area contributed by atoms with E-state index in [0.29, 0.717) is 10.4 Å². The predicted molar refractivity (Wildman–Crippen MR) is 93.2 cm³/mol. The summed E-state index contributed by atoms with van der Waals surface area (Å²) in [6.45, 7) is 0. The fraction of sp³-hybridized carbons (Fsp3) is 0.833. The van der Waals surface area contributed by atoms with Crippen molar-refractivity contribution < 1.29 is 0 Å². The lowest BCUT2D eigenvalue weighted by atomic mass is 9.86. The maximum absolute atomic E-state index is 7.09. The highest BCUT2D eigenvalue weighted by atomic mass is 32.2. The second-order valence-electron chi connectivity index (χ2n) is 5.16. The first-order chi connectivity index (χ1) is 10.7. The molecule has 0 amide bonds. The average molecular weight is 345 g/mol. The molecule has 0 aromatic rings. The van der Waals surface area contributed by atoms with E-state index < -0.39 is 0 Å². The second-order valence-corrected chi connectivity index (χ2v) is 7.49. The molecule has 1 saturated carbocycles. The van der Waals surface area contributed by atoms with E-state index in [2.05, 4.69) is 20.4 Å². The summed E-state index contributed by atoms with van der Waals surface area (Å²) in [6, 6.07) is 0. The fourth-order valence-corrected chi connectivity index (χ4v) is 4.52. The molecule has 0 bridgehead atoms. The molecule has 1 aliphatic rings. The third kappa shape index (κ3) is 7.21. The van der Waals surface area contributed by atoms with E-state index >= 15 is 0 Å². The van der Waals surface area contributed by atoms with Gasteiger partial charge in [0.15, 0.2) is 0 Å². The zero-order valence-corrected chi connectivity index (χ0v) is 14.2. The molecular formula is C12H24N8S2. The van der Waals surface area contributed by atoms with Gasteiger partial charge in [-0.1, -0.05) is 55.6 Å². The van der Waals surface area contributed by atoms with Crippen LogP contribution in [0.3, 0.4) is 0 Å². The molecular weight excluding hydrogens is 320 g/mol. The van der Waals surface area contributed by atoms with Gasteiger partial charge in [0.1, 0.15) is 0 Å². The van der Waals surface area contributed by atoms with Crippen LogP contribution in [0.4, 0.5) is 0 Å². The van der Waals surface area contributed by atoms with E-state index in [1.165, 1.54) is 55.6 Å². The highest BCUT2D eigenvalue weighted by molar-refractivity contribution is 8.15. The molecule has 0 aromatic carbocycles. The van der Waals surface area contributed by atoms with Gasteiger partial charge in [-0.05, 0) is 18.8 Å². The summed E-state index contributed by atoms with van der Waals surface area (Å²) in [5.74, 6) is 11.9. The number of hydrogen-bond acceptors (Lipinski definition) is 8. The monoisotopic (exact) mass is 344 g/mol. The summed E-state index contributed by atoms with van der Waals surface area (Å²) >= 11 is 2.82. The van der Waals surface area contributed by atoms with Crippen LogP contribution in [0.25, 0.3) is 0 Å². The summed E-state index contributed by atoms with van der Waals surface area (Å²) in [6.07, 6.45) is 8.45. The van der Waals surface area contributed by atoms with Gasteiger partial charge >= 0.3 is 0 Å². The number of thioether (sulfide) groups is 2. The molecule has 1 fully saturated rings. The van der Waals surface area contributed by atoms with E-state index in [0.717, 1.165) is 24.5 Å². The highest BCUT2D eigenvalue weighted by Gasteiger charge is 2.21. The Morgan fingerprint density at radius 2 is 1.68 bits per heavy atom. The van der Waals surface area contributed by atoms with Crippen molar-refractivity contribution in [3.63, 3.8) is 0 Å². The Morgan fingerprint density at radius 3 is 2.23 bits per heavy atom. The molecule has 1 aliphatic carbocycles. The van der Waals surface area contributed by atoms with Crippen LogP contribution in [-0.4, -0.2) is 21.3 Å². The number of rotatable bonds is 6. The SMILES string of the molecule is N=NC(=NN)SCCC(CC1CCCCC1)SC(N=N)=NN. The third-order valence-corrected chi connectivity index (χ3v) is 5.74. The normalized spacial score (nSPS) is 18.9. The zero-order chi connectivity index (χ0) is 16.2. The van der Waals surface area contributed by atoms with Gasteiger partial charge in [-0.2, -0.15) is 10.2 Å². The van der Waals surface area contributed by atoms with Crippen LogP contribution < -0.4 is 11.7 Å². The molecule has 8 nitrogen and oxygen atoms in total. The van der Waals surface area contributed by atoms with Gasteiger partial charge < -0.3 is 11.7 Å². The van der Waals surface area contributed by atoms with Crippen molar-refractivity contribution in [3.05, 3.63) is 0 Å². The van der Waals surface area contributed by atoms with Crippen LogP contribution in [0, 0.1) is 17.0 Å². The first-order valence-corrected chi connectivity index (χ1v) is 9.20. The largest absolute Gasteiger partial charge is 0.321 e. The van der Waals surface area contributed by atoms with Gasteiger partial charge in [-0.25, -0.2) is 11.1 Å². The minimum Gasteiger partial charge on any atom is -0.321 e. The summed E-state index contributed by atoms with van der Waals surface area (Å²) in [5, 5.41) is 14.5. The van der Waals surface area contributed by atoms with Crippen molar-refractivity contribution in [1.82, 2.24) is 0 Å². The molecule has 0 spiro atoms. The van der Waals surface area contributed by atoms with Crippen LogP contribution in [0.15, 0.2) is 20.4 Å². The van der Waals surface area contributed by atoms with Gasteiger partial charge in [0, 0.05) is 11.0 Å². The lowest BCUT2D eigenvalue weighted by Crippen LogP contribution is -2.16. The van der Waals surface area contributed by atoms with Crippen LogP contribution in [-0.2, 0) is 0 Å². The summed E-state index contributed by atoms with van der Waals surface area (Å²) in [5.41, 5.74) is 14.0. The van der Waals surface area contributed by atoms with Crippen molar-refractivity contribution in [2.24, 2.45) is 38.0 Å². The molecule has 0 heterocycles. The maximum atomic E-state index is 7.09. The van der Waals surface area contributed by atoms with Crippen LogP contribution in [0.1, 0.15) is 44.9 Å². The molecule has 0 saturated heterocycles. The number of nitrogens with one attached hydrogen (secondary N) is 2. The van der Waals surface area contributed by atoms with Crippen molar-refractivity contribution in [2.75, 3.05) is 5.75 Å². The molecule has 0 aromatic heterocycles. The minimum atomic E-state index is 0.277. The second kappa shape index (κ2) is 11.4. The molecule has 1 unspecified atom stereocenters. The number of nitrogens with two attached hydrogens (primary N) is 2. The first kappa shape index (κ1) is 18.9. The van der Waals surface area contributed by atoms with Crippen molar-refractivity contribution in [3.8, 4) is 0 Å². The van der Waals surface area contributed by atoms with Crippen molar-refractivity contribution in [2.45, 2.75) is 50.2 Å². The van der Waals surface area contributed by atoms with E-state index in [-0.39, 0.29) is 5.17 Å². The van der Waals surface area contributed by atoms with Gasteiger partial charge in [0.2, 0.25) is 10.3 Å². The zero-order valence-electron chi connectivity index (χ0n) is 12.6. The fourth-order valence-electron chi connectivity index (χ4n) is 2.63. The topological polar surface area (TPSA) is 149 Å². The molecule has 1 atom stereocenters. The Kier molecular flexibility index (Phi) is 9.80. The van der Waals surface area contributed by atoms with Crippen molar-refractivity contribution in [1.29, 1.82) is 11.1 Å². The van der Waals surface area contributed by atoms with Crippen LogP contribution in [0.5, 0.6) is 0 Å². The van der Waals surface area contributed by atoms with Crippen LogP contribution in [0.2, 0.25) is 0 Å². The number of hydrogen-bond donors (Lipinski definition) is 4. The van der Waals surface area contributed by atoms with Gasteiger partial charge in [-0.3, -0.25) is 0 Å². The summed E-state index contributed by atoms with van der Waals surface area (Å²) in [7, 11) is 0. The quantitative estimate of drug-likeness (QED) is 0.191.